The highest BCUT2D eigenvalue weighted by Gasteiger charge is 2.08. The Morgan fingerprint density at radius 2 is 2.00 bits per heavy atom. The number of tetrazole rings is 1. The van der Waals surface area contributed by atoms with Crippen LogP contribution < -0.4 is 15.2 Å². The van der Waals surface area contributed by atoms with Crippen molar-refractivity contribution < 1.29 is 9.47 Å². The third-order valence-electron chi connectivity index (χ3n) is 2.75. The van der Waals surface area contributed by atoms with Crippen molar-refractivity contribution in [2.45, 2.75) is 13.0 Å². The molecule has 1 aromatic carbocycles. The third-order valence-corrected chi connectivity index (χ3v) is 2.75. The standard InChI is InChI=1S/C12H17N5O2/c1-18-10-4-3-9(7-11(10)19-2)8-17-12(5-6-13)14-15-16-17/h3-4,7H,5-6,8,13H2,1-2H3. The fraction of sp³-hybridized carbons (Fsp3) is 0.417. The van der Waals surface area contributed by atoms with Gasteiger partial charge in [-0.1, -0.05) is 6.07 Å². The van der Waals surface area contributed by atoms with E-state index in [1.54, 1.807) is 18.9 Å². The lowest BCUT2D eigenvalue weighted by atomic mass is 10.2. The zero-order valence-electron chi connectivity index (χ0n) is 11.0. The summed E-state index contributed by atoms with van der Waals surface area (Å²) in [5, 5.41) is 11.6. The largest absolute Gasteiger partial charge is 0.493 e. The second kappa shape index (κ2) is 6.14. The Balaban J connectivity index is 2.21. The van der Waals surface area contributed by atoms with Crippen molar-refractivity contribution in [1.82, 2.24) is 20.2 Å². The molecule has 0 atom stereocenters. The second-order valence-electron chi connectivity index (χ2n) is 3.98. The van der Waals surface area contributed by atoms with Crippen molar-refractivity contribution in [3.8, 4) is 11.5 Å². The molecule has 2 N–H and O–H groups in total. The highest BCUT2D eigenvalue weighted by Crippen LogP contribution is 2.27. The van der Waals surface area contributed by atoms with Gasteiger partial charge in [-0.15, -0.1) is 5.10 Å². The summed E-state index contributed by atoms with van der Waals surface area (Å²) in [5.41, 5.74) is 6.55. The van der Waals surface area contributed by atoms with Gasteiger partial charge in [0.25, 0.3) is 0 Å². The van der Waals surface area contributed by atoms with Gasteiger partial charge in [-0.3, -0.25) is 0 Å². The van der Waals surface area contributed by atoms with Crippen LogP contribution in [-0.2, 0) is 13.0 Å². The third kappa shape index (κ3) is 3.00. The van der Waals surface area contributed by atoms with E-state index in [1.807, 2.05) is 18.2 Å². The van der Waals surface area contributed by atoms with E-state index in [4.69, 9.17) is 15.2 Å². The van der Waals surface area contributed by atoms with Crippen LogP contribution in [0.3, 0.4) is 0 Å². The SMILES string of the molecule is COc1ccc(Cn2nnnc2CCN)cc1OC. The van der Waals surface area contributed by atoms with E-state index in [2.05, 4.69) is 15.5 Å². The molecule has 0 bridgehead atoms. The molecule has 7 nitrogen and oxygen atoms in total. The minimum Gasteiger partial charge on any atom is -0.493 e. The van der Waals surface area contributed by atoms with Gasteiger partial charge in [-0.2, -0.15) is 0 Å². The summed E-state index contributed by atoms with van der Waals surface area (Å²) in [7, 11) is 3.22. The molecule has 0 aliphatic heterocycles. The van der Waals surface area contributed by atoms with Crippen molar-refractivity contribution in [1.29, 1.82) is 0 Å². The van der Waals surface area contributed by atoms with Crippen molar-refractivity contribution >= 4 is 0 Å². The van der Waals surface area contributed by atoms with E-state index in [0.29, 0.717) is 31.0 Å². The first kappa shape index (κ1) is 13.3. The number of nitrogens with zero attached hydrogens (tertiary/aromatic N) is 4. The molecule has 1 heterocycles. The topological polar surface area (TPSA) is 88.1 Å². The fourth-order valence-corrected chi connectivity index (χ4v) is 1.81. The molecule has 0 spiro atoms. The van der Waals surface area contributed by atoms with Gasteiger partial charge < -0.3 is 15.2 Å². The lowest BCUT2D eigenvalue weighted by Gasteiger charge is -2.10. The van der Waals surface area contributed by atoms with Crippen LogP contribution in [0.25, 0.3) is 0 Å². The molecule has 0 unspecified atom stereocenters. The molecule has 0 saturated carbocycles. The summed E-state index contributed by atoms with van der Waals surface area (Å²) >= 11 is 0. The minimum atomic E-state index is 0.520. The smallest absolute Gasteiger partial charge is 0.161 e. The molecule has 2 aromatic rings. The van der Waals surface area contributed by atoms with E-state index >= 15 is 0 Å². The Morgan fingerprint density at radius 3 is 2.68 bits per heavy atom. The Morgan fingerprint density at radius 1 is 1.21 bits per heavy atom. The predicted molar refractivity (Wildman–Crippen MR) is 69.2 cm³/mol. The lowest BCUT2D eigenvalue weighted by Crippen LogP contribution is -2.12. The van der Waals surface area contributed by atoms with Gasteiger partial charge in [-0.05, 0) is 34.7 Å². The molecule has 1 aromatic heterocycles. The van der Waals surface area contributed by atoms with Gasteiger partial charge in [0.05, 0.1) is 20.8 Å². The van der Waals surface area contributed by atoms with E-state index in [-0.39, 0.29) is 0 Å². The number of methoxy groups -OCH3 is 2. The maximum absolute atomic E-state index is 5.52. The number of ether oxygens (including phenoxy) is 2. The molecular weight excluding hydrogens is 246 g/mol. The predicted octanol–water partition coefficient (Wildman–Crippen LogP) is 0.240. The summed E-state index contributed by atoms with van der Waals surface area (Å²) in [6.07, 6.45) is 0.653. The highest BCUT2D eigenvalue weighted by molar-refractivity contribution is 5.42. The van der Waals surface area contributed by atoms with E-state index < -0.39 is 0 Å². The number of hydrogen-bond donors (Lipinski definition) is 1. The van der Waals surface area contributed by atoms with Gasteiger partial charge in [0, 0.05) is 6.42 Å². The molecule has 19 heavy (non-hydrogen) atoms. The fourth-order valence-electron chi connectivity index (χ4n) is 1.81. The van der Waals surface area contributed by atoms with Crippen LogP contribution in [0, 0.1) is 0 Å². The molecule has 0 aliphatic rings. The maximum atomic E-state index is 5.52. The summed E-state index contributed by atoms with van der Waals surface area (Å²) in [6, 6.07) is 5.73. The lowest BCUT2D eigenvalue weighted by molar-refractivity contribution is 0.354. The zero-order valence-corrected chi connectivity index (χ0v) is 11.0. The van der Waals surface area contributed by atoms with Gasteiger partial charge in [0.2, 0.25) is 0 Å². The normalized spacial score (nSPS) is 10.5. The Kier molecular flexibility index (Phi) is 4.30. The van der Waals surface area contributed by atoms with Crippen LogP contribution in [0.15, 0.2) is 18.2 Å². The van der Waals surface area contributed by atoms with Crippen LogP contribution in [-0.4, -0.2) is 41.0 Å². The molecule has 0 radical (unpaired) electrons. The second-order valence-corrected chi connectivity index (χ2v) is 3.98. The van der Waals surface area contributed by atoms with Crippen molar-refractivity contribution in [2.75, 3.05) is 20.8 Å². The minimum absolute atomic E-state index is 0.520. The van der Waals surface area contributed by atoms with Crippen molar-refractivity contribution in [3.63, 3.8) is 0 Å². The zero-order chi connectivity index (χ0) is 13.7. The van der Waals surface area contributed by atoms with Crippen LogP contribution in [0.2, 0.25) is 0 Å². The molecular formula is C12H17N5O2. The first-order valence-electron chi connectivity index (χ1n) is 5.94. The summed E-state index contributed by atoms with van der Waals surface area (Å²) in [6.45, 7) is 1.09. The van der Waals surface area contributed by atoms with Gasteiger partial charge in [0.15, 0.2) is 17.3 Å². The number of aromatic nitrogens is 4. The van der Waals surface area contributed by atoms with Crippen LogP contribution in [0.1, 0.15) is 11.4 Å². The molecule has 102 valence electrons. The van der Waals surface area contributed by atoms with Crippen molar-refractivity contribution in [3.05, 3.63) is 29.6 Å². The summed E-state index contributed by atoms with van der Waals surface area (Å²) in [5.74, 6) is 2.16. The summed E-state index contributed by atoms with van der Waals surface area (Å²) < 4.78 is 12.2. The Bertz CT molecular complexity index is 541. The van der Waals surface area contributed by atoms with E-state index in [0.717, 1.165) is 11.4 Å². The van der Waals surface area contributed by atoms with Crippen molar-refractivity contribution in [2.24, 2.45) is 5.73 Å². The average molecular weight is 263 g/mol. The number of benzene rings is 1. The van der Waals surface area contributed by atoms with Gasteiger partial charge in [-0.25, -0.2) is 4.68 Å². The van der Waals surface area contributed by atoms with Crippen LogP contribution >= 0.6 is 0 Å². The number of hydrogen-bond acceptors (Lipinski definition) is 6. The number of rotatable bonds is 6. The Labute approximate surface area is 111 Å². The van der Waals surface area contributed by atoms with Crippen LogP contribution in [0.4, 0.5) is 0 Å². The van der Waals surface area contributed by atoms with Gasteiger partial charge in [0.1, 0.15) is 0 Å². The first-order chi connectivity index (χ1) is 9.28. The maximum Gasteiger partial charge on any atom is 0.161 e. The molecule has 0 fully saturated rings. The van der Waals surface area contributed by atoms with E-state index in [1.165, 1.54) is 0 Å². The van der Waals surface area contributed by atoms with Crippen LogP contribution in [0.5, 0.6) is 11.5 Å². The quantitative estimate of drug-likeness (QED) is 0.803. The molecule has 0 aliphatic carbocycles. The molecule has 0 amide bonds. The molecule has 0 saturated heterocycles. The first-order valence-corrected chi connectivity index (χ1v) is 5.94. The average Bonchev–Trinajstić information content (AvgIpc) is 2.86. The highest BCUT2D eigenvalue weighted by atomic mass is 16.5. The van der Waals surface area contributed by atoms with E-state index in [9.17, 15) is 0 Å². The number of nitrogens with two attached hydrogens (primary N) is 1. The monoisotopic (exact) mass is 263 g/mol. The summed E-state index contributed by atoms with van der Waals surface area (Å²) in [4.78, 5) is 0. The van der Waals surface area contributed by atoms with Gasteiger partial charge >= 0.3 is 0 Å². The molecule has 7 heteroatoms. The molecule has 2 rings (SSSR count). The Hall–Kier alpha value is -2.15.